The molecule has 0 spiro atoms. The second-order valence-corrected chi connectivity index (χ2v) is 9.03. The molecule has 0 aliphatic heterocycles. The molecule has 0 aromatic carbocycles. The van der Waals surface area contributed by atoms with Crippen molar-refractivity contribution in [2.45, 2.75) is 53.4 Å². The highest BCUT2D eigenvalue weighted by atomic mass is 16.1. The highest BCUT2D eigenvalue weighted by Crippen LogP contribution is 2.65. The van der Waals surface area contributed by atoms with Gasteiger partial charge in [-0.05, 0) is 74.9 Å². The van der Waals surface area contributed by atoms with Crippen LogP contribution in [0.15, 0.2) is 35.5 Å². The van der Waals surface area contributed by atoms with Gasteiger partial charge in [0.2, 0.25) is 0 Å². The van der Waals surface area contributed by atoms with Gasteiger partial charge in [-0.3, -0.25) is 9.59 Å². The Morgan fingerprint density at radius 1 is 1.29 bits per heavy atom. The summed E-state index contributed by atoms with van der Waals surface area (Å²) in [6.45, 7) is 8.69. The van der Waals surface area contributed by atoms with E-state index in [1.807, 2.05) is 6.08 Å². The third-order valence-electron chi connectivity index (χ3n) is 7.73. The SMILES string of the molecule is CC(=O)[C@H]1[C@H](C)C[C@H]2[C@@H]3CCC4=CC(=O)C=C[C@]4(C)C3=CC[C@@]21C. The van der Waals surface area contributed by atoms with E-state index < -0.39 is 0 Å². The van der Waals surface area contributed by atoms with Gasteiger partial charge in [0.1, 0.15) is 5.78 Å². The monoisotopic (exact) mass is 324 g/mol. The number of rotatable bonds is 1. The van der Waals surface area contributed by atoms with E-state index in [1.165, 1.54) is 17.6 Å². The maximum absolute atomic E-state index is 12.3. The van der Waals surface area contributed by atoms with E-state index >= 15 is 0 Å². The molecule has 0 aromatic rings. The Morgan fingerprint density at radius 3 is 2.75 bits per heavy atom. The number of fused-ring (bicyclic) bond motifs is 5. The van der Waals surface area contributed by atoms with Crippen molar-refractivity contribution in [2.24, 2.45) is 34.5 Å². The molecular weight excluding hydrogens is 296 g/mol. The molecule has 4 aliphatic rings. The number of hydrogen-bond acceptors (Lipinski definition) is 2. The average Bonchev–Trinajstić information content (AvgIpc) is 2.78. The van der Waals surface area contributed by atoms with Crippen LogP contribution in [0.2, 0.25) is 0 Å². The number of carbonyl (C=O) groups is 2. The summed E-state index contributed by atoms with van der Waals surface area (Å²) >= 11 is 0. The molecule has 0 unspecified atom stereocenters. The van der Waals surface area contributed by atoms with E-state index in [0.717, 1.165) is 19.3 Å². The summed E-state index contributed by atoms with van der Waals surface area (Å²) < 4.78 is 0. The predicted molar refractivity (Wildman–Crippen MR) is 95.3 cm³/mol. The first kappa shape index (κ1) is 16.1. The van der Waals surface area contributed by atoms with Crippen molar-refractivity contribution in [2.75, 3.05) is 0 Å². The largest absolute Gasteiger partial charge is 0.300 e. The first-order valence-corrected chi connectivity index (χ1v) is 9.42. The van der Waals surface area contributed by atoms with Crippen LogP contribution in [0, 0.1) is 34.5 Å². The van der Waals surface area contributed by atoms with Gasteiger partial charge in [-0.15, -0.1) is 0 Å². The highest BCUT2D eigenvalue weighted by molar-refractivity contribution is 6.01. The van der Waals surface area contributed by atoms with E-state index in [9.17, 15) is 9.59 Å². The summed E-state index contributed by atoms with van der Waals surface area (Å²) in [5.41, 5.74) is 2.85. The van der Waals surface area contributed by atoms with Gasteiger partial charge in [-0.1, -0.05) is 37.1 Å². The van der Waals surface area contributed by atoms with Crippen molar-refractivity contribution in [3.05, 3.63) is 35.5 Å². The number of hydrogen-bond donors (Lipinski definition) is 0. The third kappa shape index (κ3) is 1.95. The molecule has 0 radical (unpaired) electrons. The third-order valence-corrected chi connectivity index (χ3v) is 7.73. The van der Waals surface area contributed by atoms with Crippen LogP contribution in [0.3, 0.4) is 0 Å². The fourth-order valence-corrected chi connectivity index (χ4v) is 6.76. The average molecular weight is 324 g/mol. The Bertz CT molecular complexity index is 709. The smallest absolute Gasteiger partial charge is 0.178 e. The fourth-order valence-electron chi connectivity index (χ4n) is 6.76. The molecule has 2 fully saturated rings. The second kappa shape index (κ2) is 5.03. The lowest BCUT2D eigenvalue weighted by Crippen LogP contribution is -2.44. The van der Waals surface area contributed by atoms with E-state index in [4.69, 9.17) is 0 Å². The minimum absolute atomic E-state index is 0.0737. The maximum Gasteiger partial charge on any atom is 0.178 e. The van der Waals surface area contributed by atoms with Gasteiger partial charge in [-0.2, -0.15) is 0 Å². The lowest BCUT2D eigenvalue weighted by atomic mass is 9.52. The molecule has 6 atom stereocenters. The van der Waals surface area contributed by atoms with Crippen molar-refractivity contribution in [1.29, 1.82) is 0 Å². The summed E-state index contributed by atoms with van der Waals surface area (Å²) in [6.07, 6.45) is 12.5. The lowest BCUT2D eigenvalue weighted by molar-refractivity contribution is -0.126. The Morgan fingerprint density at radius 2 is 2.04 bits per heavy atom. The molecule has 0 bridgehead atoms. The van der Waals surface area contributed by atoms with Crippen LogP contribution in [-0.4, -0.2) is 11.6 Å². The Balaban J connectivity index is 1.77. The molecule has 2 nitrogen and oxygen atoms in total. The molecule has 4 rings (SSSR count). The van der Waals surface area contributed by atoms with Crippen LogP contribution in [0.4, 0.5) is 0 Å². The minimum atomic E-state index is -0.0737. The first-order valence-electron chi connectivity index (χ1n) is 9.42. The molecule has 0 aromatic heterocycles. The minimum Gasteiger partial charge on any atom is -0.300 e. The van der Waals surface area contributed by atoms with Crippen LogP contribution >= 0.6 is 0 Å². The molecule has 0 N–H and O–H groups in total. The van der Waals surface area contributed by atoms with E-state index in [2.05, 4.69) is 32.9 Å². The molecule has 128 valence electrons. The van der Waals surface area contributed by atoms with Crippen molar-refractivity contribution >= 4 is 11.6 Å². The molecular formula is C22H28O2. The zero-order valence-electron chi connectivity index (χ0n) is 15.3. The quantitative estimate of drug-likeness (QED) is 0.657. The van der Waals surface area contributed by atoms with Crippen LogP contribution in [0.25, 0.3) is 0 Å². The highest BCUT2D eigenvalue weighted by Gasteiger charge is 2.58. The molecule has 2 heteroatoms. The van der Waals surface area contributed by atoms with Crippen LogP contribution < -0.4 is 0 Å². The van der Waals surface area contributed by atoms with Crippen LogP contribution in [0.5, 0.6) is 0 Å². The van der Waals surface area contributed by atoms with E-state index in [1.54, 1.807) is 13.0 Å². The summed E-state index contributed by atoms with van der Waals surface area (Å²) in [5, 5.41) is 0. The molecule has 24 heavy (non-hydrogen) atoms. The van der Waals surface area contributed by atoms with Gasteiger partial charge in [0, 0.05) is 11.3 Å². The molecule has 0 saturated heterocycles. The normalized spacial score (nSPS) is 46.6. The summed E-state index contributed by atoms with van der Waals surface area (Å²) in [6, 6.07) is 0. The number of carbonyl (C=O) groups excluding carboxylic acids is 2. The topological polar surface area (TPSA) is 34.1 Å². The molecule has 0 amide bonds. The van der Waals surface area contributed by atoms with Crippen molar-refractivity contribution in [3.63, 3.8) is 0 Å². The zero-order chi connectivity index (χ0) is 17.3. The van der Waals surface area contributed by atoms with E-state index in [-0.39, 0.29) is 22.5 Å². The Labute approximate surface area is 145 Å². The van der Waals surface area contributed by atoms with Gasteiger partial charge in [0.05, 0.1) is 0 Å². The number of Topliss-reactive ketones (excluding diaryl/α,β-unsaturated/α-hetero) is 1. The predicted octanol–water partition coefficient (Wildman–Crippen LogP) is 4.67. The van der Waals surface area contributed by atoms with Gasteiger partial charge in [0.15, 0.2) is 5.78 Å². The first-order chi connectivity index (χ1) is 11.3. The van der Waals surface area contributed by atoms with Crippen molar-refractivity contribution in [3.8, 4) is 0 Å². The molecule has 4 aliphatic carbocycles. The van der Waals surface area contributed by atoms with Crippen molar-refractivity contribution in [1.82, 2.24) is 0 Å². The second-order valence-electron chi connectivity index (χ2n) is 9.03. The van der Waals surface area contributed by atoms with Crippen molar-refractivity contribution < 1.29 is 9.59 Å². The standard InChI is InChI=1S/C22H28O2/c1-13-11-19-17-6-5-15-12-16(24)7-9-21(15,3)18(17)8-10-22(19,4)20(13)14(2)23/h7-9,12-13,17,19-20H,5-6,10-11H2,1-4H3/t13-,17-,19+,20-,21+,22+/m1/s1. The lowest BCUT2D eigenvalue weighted by Gasteiger charge is -2.52. The number of allylic oxidation sites excluding steroid dienone is 6. The van der Waals surface area contributed by atoms with Gasteiger partial charge < -0.3 is 0 Å². The Kier molecular flexibility index (Phi) is 3.37. The Hall–Kier alpha value is -1.44. The van der Waals surface area contributed by atoms with Crippen LogP contribution in [-0.2, 0) is 9.59 Å². The summed E-state index contributed by atoms with van der Waals surface area (Å²) in [5.74, 6) is 2.36. The van der Waals surface area contributed by atoms with Crippen LogP contribution in [0.1, 0.15) is 53.4 Å². The van der Waals surface area contributed by atoms with E-state index in [0.29, 0.717) is 23.5 Å². The molecule has 2 saturated carbocycles. The fraction of sp³-hybridized carbons (Fsp3) is 0.636. The number of ketones is 2. The summed E-state index contributed by atoms with van der Waals surface area (Å²) in [4.78, 5) is 24.1. The van der Waals surface area contributed by atoms with Gasteiger partial charge in [0.25, 0.3) is 0 Å². The summed E-state index contributed by atoms with van der Waals surface area (Å²) in [7, 11) is 0. The van der Waals surface area contributed by atoms with Gasteiger partial charge in [-0.25, -0.2) is 0 Å². The molecule has 0 heterocycles. The maximum atomic E-state index is 12.3. The zero-order valence-corrected chi connectivity index (χ0v) is 15.3. The van der Waals surface area contributed by atoms with Gasteiger partial charge >= 0.3 is 0 Å².